The summed E-state index contributed by atoms with van der Waals surface area (Å²) in [6.07, 6.45) is 5.39. The third-order valence-corrected chi connectivity index (χ3v) is 5.30. The maximum absolute atomic E-state index is 9.93. The van der Waals surface area contributed by atoms with Crippen molar-refractivity contribution in [3.8, 4) is 17.6 Å². The van der Waals surface area contributed by atoms with Crippen LogP contribution < -0.4 is 10.5 Å². The molecule has 1 unspecified atom stereocenters. The molecule has 2 N–H and O–H groups in total. The summed E-state index contributed by atoms with van der Waals surface area (Å²) < 4.78 is 9.76. The lowest BCUT2D eigenvalue weighted by atomic mass is 9.79. The van der Waals surface area contributed by atoms with E-state index >= 15 is 0 Å². The van der Waals surface area contributed by atoms with Crippen molar-refractivity contribution in [3.63, 3.8) is 0 Å². The standard InChI is InChI=1S/C23H26N6O/c1-14(2)29-22-19(20(27-29)23(3,4)5)18(17(12-24)21(25)30-22)15-6-8-16(9-7-15)28-11-10-26-13-28/h6-11,13-14,18H,25H2,1-5H3. The Balaban J connectivity index is 1.92. The average molecular weight is 403 g/mol. The molecule has 154 valence electrons. The number of aromatic nitrogens is 4. The summed E-state index contributed by atoms with van der Waals surface area (Å²) in [5.41, 5.74) is 10.2. The van der Waals surface area contributed by atoms with Crippen molar-refractivity contribution >= 4 is 0 Å². The number of allylic oxidation sites excluding steroid dienone is 1. The number of nitrogens with two attached hydrogens (primary N) is 1. The molecule has 2 aromatic heterocycles. The summed E-state index contributed by atoms with van der Waals surface area (Å²) in [5.74, 6) is 0.420. The number of nitrogens with zero attached hydrogens (tertiary/aromatic N) is 5. The van der Waals surface area contributed by atoms with Gasteiger partial charge in [0.2, 0.25) is 11.8 Å². The van der Waals surface area contributed by atoms with Gasteiger partial charge in [-0.3, -0.25) is 0 Å². The molecule has 0 bridgehead atoms. The van der Waals surface area contributed by atoms with Crippen molar-refractivity contribution in [2.45, 2.75) is 52.0 Å². The fraction of sp³-hybridized carbons (Fsp3) is 0.348. The van der Waals surface area contributed by atoms with E-state index in [1.165, 1.54) is 0 Å². The first-order chi connectivity index (χ1) is 14.2. The molecule has 3 aromatic rings. The molecule has 1 atom stereocenters. The van der Waals surface area contributed by atoms with Crippen molar-refractivity contribution in [1.29, 1.82) is 5.26 Å². The number of benzene rings is 1. The minimum Gasteiger partial charge on any atom is -0.422 e. The Kier molecular flexibility index (Phi) is 4.65. The lowest BCUT2D eigenvalue weighted by molar-refractivity contribution is 0.334. The summed E-state index contributed by atoms with van der Waals surface area (Å²) in [7, 11) is 0. The normalized spacial score (nSPS) is 16.4. The van der Waals surface area contributed by atoms with E-state index in [-0.39, 0.29) is 23.3 Å². The fourth-order valence-electron chi connectivity index (χ4n) is 3.85. The zero-order valence-electron chi connectivity index (χ0n) is 17.9. The summed E-state index contributed by atoms with van der Waals surface area (Å²) in [6, 6.07) is 10.5. The molecule has 4 rings (SSSR count). The first-order valence-electron chi connectivity index (χ1n) is 10.0. The molecule has 0 spiro atoms. The fourth-order valence-corrected chi connectivity index (χ4v) is 3.85. The van der Waals surface area contributed by atoms with E-state index in [4.69, 9.17) is 15.6 Å². The van der Waals surface area contributed by atoms with Gasteiger partial charge in [0.05, 0.1) is 29.5 Å². The van der Waals surface area contributed by atoms with Crippen molar-refractivity contribution < 1.29 is 4.74 Å². The van der Waals surface area contributed by atoms with Crippen LogP contribution in [0.25, 0.3) is 5.69 Å². The molecule has 1 aliphatic rings. The van der Waals surface area contributed by atoms with Crippen LogP contribution >= 0.6 is 0 Å². The van der Waals surface area contributed by atoms with Crippen LogP contribution in [0.3, 0.4) is 0 Å². The van der Waals surface area contributed by atoms with Crippen molar-refractivity contribution in [1.82, 2.24) is 19.3 Å². The van der Waals surface area contributed by atoms with Crippen molar-refractivity contribution in [2.24, 2.45) is 5.73 Å². The summed E-state index contributed by atoms with van der Waals surface area (Å²) in [6.45, 7) is 10.5. The second-order valence-corrected chi connectivity index (χ2v) is 8.84. The first kappa shape index (κ1) is 19.8. The van der Waals surface area contributed by atoms with E-state index in [2.05, 4.69) is 45.7 Å². The maximum Gasteiger partial charge on any atom is 0.224 e. The molecular weight excluding hydrogens is 376 g/mol. The van der Waals surface area contributed by atoms with Crippen molar-refractivity contribution in [3.05, 3.63) is 71.3 Å². The Bertz CT molecular complexity index is 1140. The van der Waals surface area contributed by atoms with Crippen LogP contribution in [0.4, 0.5) is 0 Å². The van der Waals surface area contributed by atoms with Crippen LogP contribution in [-0.2, 0) is 5.41 Å². The number of hydrogen-bond donors (Lipinski definition) is 1. The molecular formula is C23H26N6O. The highest BCUT2D eigenvalue weighted by molar-refractivity contribution is 5.57. The second-order valence-electron chi connectivity index (χ2n) is 8.84. The van der Waals surface area contributed by atoms with Gasteiger partial charge in [-0.05, 0) is 31.5 Å². The third-order valence-electron chi connectivity index (χ3n) is 5.30. The minimum absolute atomic E-state index is 0.0931. The number of fused-ring (bicyclic) bond motifs is 1. The molecule has 3 heterocycles. The summed E-state index contributed by atoms with van der Waals surface area (Å²) in [4.78, 5) is 4.10. The van der Waals surface area contributed by atoms with E-state index in [0.717, 1.165) is 22.5 Å². The molecule has 7 heteroatoms. The predicted octanol–water partition coefficient (Wildman–Crippen LogP) is 4.17. The smallest absolute Gasteiger partial charge is 0.224 e. The van der Waals surface area contributed by atoms with E-state index in [1.807, 2.05) is 39.7 Å². The monoisotopic (exact) mass is 402 g/mol. The lowest BCUT2D eigenvalue weighted by Crippen LogP contribution is -2.24. The van der Waals surface area contributed by atoms with Gasteiger partial charge in [0, 0.05) is 23.5 Å². The zero-order valence-corrected chi connectivity index (χ0v) is 17.9. The van der Waals surface area contributed by atoms with Gasteiger partial charge in [-0.2, -0.15) is 10.4 Å². The van der Waals surface area contributed by atoms with Gasteiger partial charge >= 0.3 is 0 Å². The summed E-state index contributed by atoms with van der Waals surface area (Å²) in [5, 5.41) is 14.8. The largest absolute Gasteiger partial charge is 0.422 e. The predicted molar refractivity (Wildman–Crippen MR) is 114 cm³/mol. The molecule has 7 nitrogen and oxygen atoms in total. The van der Waals surface area contributed by atoms with Gasteiger partial charge in [-0.25, -0.2) is 9.67 Å². The molecule has 0 saturated carbocycles. The maximum atomic E-state index is 9.93. The Hall–Kier alpha value is -3.53. The molecule has 30 heavy (non-hydrogen) atoms. The highest BCUT2D eigenvalue weighted by Crippen LogP contribution is 2.47. The Labute approximate surface area is 176 Å². The Morgan fingerprint density at radius 3 is 2.43 bits per heavy atom. The second kappa shape index (κ2) is 7.06. The number of ether oxygens (including phenoxy) is 1. The topological polar surface area (TPSA) is 94.7 Å². The van der Waals surface area contributed by atoms with Crippen LogP contribution in [0, 0.1) is 11.3 Å². The third kappa shape index (κ3) is 3.14. The van der Waals surface area contributed by atoms with Gasteiger partial charge in [-0.15, -0.1) is 0 Å². The van der Waals surface area contributed by atoms with Crippen LogP contribution in [-0.4, -0.2) is 19.3 Å². The van der Waals surface area contributed by atoms with Crippen molar-refractivity contribution in [2.75, 3.05) is 0 Å². The first-order valence-corrected chi connectivity index (χ1v) is 10.0. The zero-order chi connectivity index (χ0) is 21.6. The number of hydrogen-bond acceptors (Lipinski definition) is 5. The molecule has 0 radical (unpaired) electrons. The van der Waals surface area contributed by atoms with Gasteiger partial charge in [0.25, 0.3) is 0 Å². The van der Waals surface area contributed by atoms with Crippen LogP contribution in [0.2, 0.25) is 0 Å². The highest BCUT2D eigenvalue weighted by Gasteiger charge is 2.40. The highest BCUT2D eigenvalue weighted by atomic mass is 16.5. The number of nitriles is 1. The lowest BCUT2D eigenvalue weighted by Gasteiger charge is -2.28. The Morgan fingerprint density at radius 1 is 1.20 bits per heavy atom. The van der Waals surface area contributed by atoms with E-state index in [0.29, 0.717) is 11.5 Å². The van der Waals surface area contributed by atoms with Gasteiger partial charge in [0.1, 0.15) is 11.6 Å². The molecule has 0 fully saturated rings. The van der Waals surface area contributed by atoms with Gasteiger partial charge < -0.3 is 15.0 Å². The molecule has 0 amide bonds. The molecule has 1 aliphatic heterocycles. The van der Waals surface area contributed by atoms with Gasteiger partial charge in [-0.1, -0.05) is 32.9 Å². The van der Waals surface area contributed by atoms with E-state index in [1.54, 1.807) is 12.5 Å². The van der Waals surface area contributed by atoms with E-state index in [9.17, 15) is 5.26 Å². The van der Waals surface area contributed by atoms with Crippen LogP contribution in [0.15, 0.2) is 54.4 Å². The van der Waals surface area contributed by atoms with Gasteiger partial charge in [0.15, 0.2) is 0 Å². The minimum atomic E-state index is -0.336. The Morgan fingerprint density at radius 2 is 1.90 bits per heavy atom. The summed E-state index contributed by atoms with van der Waals surface area (Å²) >= 11 is 0. The number of rotatable bonds is 3. The molecule has 0 aliphatic carbocycles. The van der Waals surface area contributed by atoms with Crippen LogP contribution in [0.1, 0.15) is 63.4 Å². The average Bonchev–Trinajstić information content (AvgIpc) is 3.34. The van der Waals surface area contributed by atoms with Crippen LogP contribution in [0.5, 0.6) is 5.88 Å². The molecule has 0 saturated heterocycles. The SMILES string of the molecule is CC(C)n1nc(C(C)(C)C)c2c1OC(N)=C(C#N)C2c1ccc(-n2ccnc2)cc1. The number of imidazole rings is 1. The van der Waals surface area contributed by atoms with E-state index < -0.39 is 0 Å². The molecule has 1 aromatic carbocycles. The quantitative estimate of drug-likeness (QED) is 0.710.